The van der Waals surface area contributed by atoms with E-state index in [9.17, 15) is 4.79 Å². The maximum Gasteiger partial charge on any atom is 0.244 e. The highest BCUT2D eigenvalue weighted by molar-refractivity contribution is 5.95. The second-order valence-electron chi connectivity index (χ2n) is 5.52. The van der Waals surface area contributed by atoms with Crippen LogP contribution in [0.5, 0.6) is 0 Å². The van der Waals surface area contributed by atoms with E-state index in [1.54, 1.807) is 6.33 Å². The first-order chi connectivity index (χ1) is 11.2. The Bertz CT molecular complexity index is 685. The molecule has 1 saturated heterocycles. The van der Waals surface area contributed by atoms with Crippen LogP contribution in [0.4, 0.5) is 5.69 Å². The molecule has 1 amide bonds. The van der Waals surface area contributed by atoms with Gasteiger partial charge in [0.15, 0.2) is 5.82 Å². The Morgan fingerprint density at radius 1 is 1.52 bits per heavy atom. The summed E-state index contributed by atoms with van der Waals surface area (Å²) in [5, 5.41) is 14.2. The van der Waals surface area contributed by atoms with Crippen LogP contribution in [0.15, 0.2) is 30.6 Å². The second-order valence-corrected chi connectivity index (χ2v) is 5.52. The average Bonchev–Trinajstić information content (AvgIpc) is 3.04. The van der Waals surface area contributed by atoms with Crippen molar-refractivity contribution >= 4 is 11.6 Å². The van der Waals surface area contributed by atoms with Gasteiger partial charge in [-0.25, -0.2) is 0 Å². The number of morpholine rings is 1. The Hall–Kier alpha value is -2.25. The number of benzene rings is 1. The van der Waals surface area contributed by atoms with Crippen LogP contribution in [-0.2, 0) is 16.1 Å². The Morgan fingerprint density at radius 3 is 3.17 bits per heavy atom. The molecule has 2 heterocycles. The van der Waals surface area contributed by atoms with Crippen LogP contribution in [-0.4, -0.2) is 46.0 Å². The molecule has 2 aromatic rings. The average molecular weight is 315 g/mol. The number of rotatable bonds is 4. The molecule has 1 aromatic carbocycles. The molecule has 122 valence electrons. The summed E-state index contributed by atoms with van der Waals surface area (Å²) in [6, 6.07) is 7.28. The number of amides is 1. The number of anilines is 1. The van der Waals surface area contributed by atoms with E-state index in [4.69, 9.17) is 4.74 Å². The molecule has 0 radical (unpaired) electrons. The minimum Gasteiger partial charge on any atom is -0.375 e. The Balaban J connectivity index is 1.76. The number of aryl methyl sites for hydroxylation is 1. The lowest BCUT2D eigenvalue weighted by molar-refractivity contribution is -0.123. The molecule has 2 N–H and O–H groups in total. The zero-order valence-electron chi connectivity index (χ0n) is 13.3. The maximum atomic E-state index is 12.4. The van der Waals surface area contributed by atoms with Crippen LogP contribution in [0.2, 0.25) is 0 Å². The largest absolute Gasteiger partial charge is 0.375 e. The van der Waals surface area contributed by atoms with Gasteiger partial charge in [-0.15, -0.1) is 10.2 Å². The van der Waals surface area contributed by atoms with E-state index in [1.807, 2.05) is 42.7 Å². The van der Waals surface area contributed by atoms with E-state index in [0.717, 1.165) is 23.6 Å². The molecule has 0 spiro atoms. The molecular weight excluding hydrogens is 294 g/mol. The number of carbonyl (C=O) groups is 1. The molecule has 1 aliphatic heterocycles. The Labute approximate surface area is 135 Å². The predicted octanol–water partition coefficient (Wildman–Crippen LogP) is 1.28. The quantitative estimate of drug-likeness (QED) is 0.888. The summed E-state index contributed by atoms with van der Waals surface area (Å²) in [6.07, 6.45) is 1.56. The monoisotopic (exact) mass is 315 g/mol. The fourth-order valence-electron chi connectivity index (χ4n) is 2.69. The van der Waals surface area contributed by atoms with Crippen molar-refractivity contribution < 1.29 is 9.53 Å². The zero-order valence-corrected chi connectivity index (χ0v) is 13.3. The van der Waals surface area contributed by atoms with Gasteiger partial charge in [-0.3, -0.25) is 4.79 Å². The Morgan fingerprint density at radius 2 is 2.39 bits per heavy atom. The van der Waals surface area contributed by atoms with Crippen molar-refractivity contribution in [3.63, 3.8) is 0 Å². The minimum absolute atomic E-state index is 0.0914. The minimum atomic E-state index is -0.341. The molecule has 1 aromatic heterocycles. The summed E-state index contributed by atoms with van der Waals surface area (Å²) in [5.41, 5.74) is 1.65. The standard InChI is InChI=1S/C16H21N5O2/c1-3-21-10-18-20-15(21)12-5-4-6-13(9-12)19-16(22)14-11(2)23-8-7-17-14/h4-6,9-11,14,17H,3,7-8H2,1-2H3,(H,19,22)/t11-,14+/m1/s1. The van der Waals surface area contributed by atoms with Crippen LogP contribution >= 0.6 is 0 Å². The fourth-order valence-corrected chi connectivity index (χ4v) is 2.69. The first-order valence-electron chi connectivity index (χ1n) is 7.83. The molecule has 7 nitrogen and oxygen atoms in total. The van der Waals surface area contributed by atoms with Gasteiger partial charge < -0.3 is 19.9 Å². The third-order valence-corrected chi connectivity index (χ3v) is 3.94. The Kier molecular flexibility index (Phi) is 4.68. The van der Waals surface area contributed by atoms with Gasteiger partial charge in [-0.05, 0) is 26.0 Å². The van der Waals surface area contributed by atoms with Crippen LogP contribution < -0.4 is 10.6 Å². The van der Waals surface area contributed by atoms with E-state index in [1.165, 1.54) is 0 Å². The number of nitrogens with one attached hydrogen (secondary N) is 2. The van der Waals surface area contributed by atoms with Crippen LogP contribution in [0.25, 0.3) is 11.4 Å². The van der Waals surface area contributed by atoms with Gasteiger partial charge in [0.2, 0.25) is 5.91 Å². The van der Waals surface area contributed by atoms with Gasteiger partial charge >= 0.3 is 0 Å². The highest BCUT2D eigenvalue weighted by Gasteiger charge is 2.28. The molecule has 0 bridgehead atoms. The predicted molar refractivity (Wildman–Crippen MR) is 87.0 cm³/mol. The van der Waals surface area contributed by atoms with E-state index >= 15 is 0 Å². The number of aromatic nitrogens is 3. The summed E-state index contributed by atoms with van der Waals surface area (Å²) in [5.74, 6) is 0.697. The molecule has 0 saturated carbocycles. The highest BCUT2D eigenvalue weighted by atomic mass is 16.5. The summed E-state index contributed by atoms with van der Waals surface area (Å²) >= 11 is 0. The van der Waals surface area contributed by atoms with Crippen LogP contribution in [0.1, 0.15) is 13.8 Å². The SMILES string of the molecule is CCn1cnnc1-c1cccc(NC(=O)[C@H]2NCCO[C@@H]2C)c1. The van der Waals surface area contributed by atoms with E-state index < -0.39 is 0 Å². The molecular formula is C16H21N5O2. The normalized spacial score (nSPS) is 21.1. The van der Waals surface area contributed by atoms with E-state index in [2.05, 4.69) is 20.8 Å². The van der Waals surface area contributed by atoms with Gasteiger partial charge in [0.25, 0.3) is 0 Å². The summed E-state index contributed by atoms with van der Waals surface area (Å²) in [6.45, 7) is 6.04. The first-order valence-corrected chi connectivity index (χ1v) is 7.83. The van der Waals surface area contributed by atoms with Crippen molar-refractivity contribution in [1.82, 2.24) is 20.1 Å². The van der Waals surface area contributed by atoms with Crippen molar-refractivity contribution in [2.75, 3.05) is 18.5 Å². The molecule has 0 unspecified atom stereocenters. The van der Waals surface area contributed by atoms with Gasteiger partial charge in [0.05, 0.1) is 12.7 Å². The third-order valence-electron chi connectivity index (χ3n) is 3.94. The number of nitrogens with zero attached hydrogens (tertiary/aromatic N) is 3. The number of hydrogen-bond acceptors (Lipinski definition) is 5. The molecule has 1 aliphatic rings. The van der Waals surface area contributed by atoms with Crippen molar-refractivity contribution in [2.45, 2.75) is 32.5 Å². The van der Waals surface area contributed by atoms with Crippen molar-refractivity contribution in [1.29, 1.82) is 0 Å². The lowest BCUT2D eigenvalue weighted by Crippen LogP contribution is -2.53. The molecule has 2 atom stereocenters. The topological polar surface area (TPSA) is 81.1 Å². The van der Waals surface area contributed by atoms with Gasteiger partial charge in [-0.2, -0.15) is 0 Å². The molecule has 1 fully saturated rings. The van der Waals surface area contributed by atoms with E-state index in [0.29, 0.717) is 13.2 Å². The maximum absolute atomic E-state index is 12.4. The fraction of sp³-hybridized carbons (Fsp3) is 0.438. The highest BCUT2D eigenvalue weighted by Crippen LogP contribution is 2.21. The second kappa shape index (κ2) is 6.89. The number of ether oxygens (including phenoxy) is 1. The van der Waals surface area contributed by atoms with E-state index in [-0.39, 0.29) is 18.1 Å². The van der Waals surface area contributed by atoms with Crippen molar-refractivity contribution in [3.05, 3.63) is 30.6 Å². The summed E-state index contributed by atoms with van der Waals surface area (Å²) in [7, 11) is 0. The molecule has 3 rings (SSSR count). The van der Waals surface area contributed by atoms with Crippen LogP contribution in [0.3, 0.4) is 0 Å². The first kappa shape index (κ1) is 15.6. The lowest BCUT2D eigenvalue weighted by Gasteiger charge is -2.29. The van der Waals surface area contributed by atoms with Crippen LogP contribution in [0, 0.1) is 0 Å². The smallest absolute Gasteiger partial charge is 0.244 e. The summed E-state index contributed by atoms with van der Waals surface area (Å²) < 4.78 is 7.48. The summed E-state index contributed by atoms with van der Waals surface area (Å²) in [4.78, 5) is 12.4. The number of hydrogen-bond donors (Lipinski definition) is 2. The van der Waals surface area contributed by atoms with Gasteiger partial charge in [0, 0.05) is 24.3 Å². The van der Waals surface area contributed by atoms with Crippen molar-refractivity contribution in [2.24, 2.45) is 0 Å². The molecule has 23 heavy (non-hydrogen) atoms. The molecule has 7 heteroatoms. The zero-order chi connectivity index (χ0) is 16.2. The molecule has 0 aliphatic carbocycles. The third kappa shape index (κ3) is 3.40. The van der Waals surface area contributed by atoms with Gasteiger partial charge in [0.1, 0.15) is 12.4 Å². The number of carbonyl (C=O) groups excluding carboxylic acids is 1. The lowest BCUT2D eigenvalue weighted by atomic mass is 10.1. The van der Waals surface area contributed by atoms with Crippen molar-refractivity contribution in [3.8, 4) is 11.4 Å². The van der Waals surface area contributed by atoms with Gasteiger partial charge in [-0.1, -0.05) is 12.1 Å².